The van der Waals surface area contributed by atoms with Gasteiger partial charge in [0.05, 0.1) is 6.10 Å². The van der Waals surface area contributed by atoms with Crippen LogP contribution in [0, 0.1) is 12.3 Å². The first-order valence-electron chi connectivity index (χ1n) is 5.37. The molecule has 0 aliphatic carbocycles. The Bertz CT molecular complexity index is 399. The highest BCUT2D eigenvalue weighted by Crippen LogP contribution is 2.22. The summed E-state index contributed by atoms with van der Waals surface area (Å²) in [5.41, 5.74) is 0.924. The normalized spacial score (nSPS) is 11.9. The van der Waals surface area contributed by atoms with Gasteiger partial charge in [-0.2, -0.15) is 0 Å². The first kappa shape index (κ1) is 13.9. The molecule has 0 aliphatic heterocycles. The Morgan fingerprint density at radius 2 is 2.35 bits per heavy atom. The predicted octanol–water partition coefficient (Wildman–Crippen LogP) is 1.82. The van der Waals surface area contributed by atoms with E-state index in [0.29, 0.717) is 23.9 Å². The lowest BCUT2D eigenvalue weighted by molar-refractivity contribution is 0.190. The van der Waals surface area contributed by atoms with E-state index >= 15 is 0 Å². The molecule has 1 rings (SSSR count). The zero-order chi connectivity index (χ0) is 12.7. The van der Waals surface area contributed by atoms with Crippen molar-refractivity contribution in [2.45, 2.75) is 19.6 Å². The van der Waals surface area contributed by atoms with Crippen molar-refractivity contribution in [3.05, 3.63) is 28.8 Å². The minimum atomic E-state index is -0.385. The summed E-state index contributed by atoms with van der Waals surface area (Å²) in [5, 5.41) is 12.9. The summed E-state index contributed by atoms with van der Waals surface area (Å²) in [4.78, 5) is 0. The highest BCUT2D eigenvalue weighted by Gasteiger charge is 2.05. The van der Waals surface area contributed by atoms with Gasteiger partial charge >= 0.3 is 0 Å². The third-order valence-corrected chi connectivity index (χ3v) is 2.32. The molecule has 17 heavy (non-hydrogen) atoms. The highest BCUT2D eigenvalue weighted by molar-refractivity contribution is 6.30. The van der Waals surface area contributed by atoms with Crippen LogP contribution in [-0.4, -0.2) is 24.4 Å². The van der Waals surface area contributed by atoms with E-state index in [9.17, 15) is 0 Å². The van der Waals surface area contributed by atoms with E-state index in [0.717, 1.165) is 5.56 Å². The van der Waals surface area contributed by atoms with Crippen LogP contribution in [0.2, 0.25) is 5.02 Å². The van der Waals surface area contributed by atoms with Crippen LogP contribution in [0.5, 0.6) is 5.75 Å². The fraction of sp³-hybridized carbons (Fsp3) is 0.385. The Balaban J connectivity index is 2.66. The fourth-order valence-corrected chi connectivity index (χ4v) is 1.56. The number of halogens is 1. The van der Waals surface area contributed by atoms with Crippen molar-refractivity contribution in [2.75, 3.05) is 13.2 Å². The van der Waals surface area contributed by atoms with E-state index < -0.39 is 0 Å². The monoisotopic (exact) mass is 253 g/mol. The maximum absolute atomic E-state index is 9.15. The quantitative estimate of drug-likeness (QED) is 0.760. The molecule has 0 heterocycles. The number of hydrogen-bond acceptors (Lipinski definition) is 3. The molecule has 0 radical (unpaired) electrons. The van der Waals surface area contributed by atoms with Gasteiger partial charge in [0, 0.05) is 23.7 Å². The zero-order valence-corrected chi connectivity index (χ0v) is 10.5. The van der Waals surface area contributed by atoms with Crippen molar-refractivity contribution in [3.63, 3.8) is 0 Å². The number of rotatable bonds is 6. The summed E-state index contributed by atoms with van der Waals surface area (Å²) in [6, 6.07) is 5.37. The molecule has 2 N–H and O–H groups in total. The molecule has 92 valence electrons. The second-order valence-corrected chi connectivity index (χ2v) is 4.16. The van der Waals surface area contributed by atoms with Crippen LogP contribution < -0.4 is 10.1 Å². The average molecular weight is 254 g/mol. The summed E-state index contributed by atoms with van der Waals surface area (Å²) in [6.07, 6.45) is 4.76. The lowest BCUT2D eigenvalue weighted by Crippen LogP contribution is -2.24. The second kappa shape index (κ2) is 7.18. The SMILES string of the molecule is C#CCOc1ccc(Cl)cc1CNCC(C)O. The summed E-state index contributed by atoms with van der Waals surface area (Å²) >= 11 is 5.92. The molecule has 1 atom stereocenters. The maximum atomic E-state index is 9.15. The first-order valence-corrected chi connectivity index (χ1v) is 5.74. The first-order chi connectivity index (χ1) is 8.13. The van der Waals surface area contributed by atoms with Gasteiger partial charge < -0.3 is 15.2 Å². The topological polar surface area (TPSA) is 41.5 Å². The number of benzene rings is 1. The summed E-state index contributed by atoms with van der Waals surface area (Å²) in [5.74, 6) is 3.13. The van der Waals surface area contributed by atoms with Crippen LogP contribution in [-0.2, 0) is 6.54 Å². The molecule has 0 saturated carbocycles. The molecule has 0 spiro atoms. The molecular weight excluding hydrogens is 238 g/mol. The largest absolute Gasteiger partial charge is 0.481 e. The zero-order valence-electron chi connectivity index (χ0n) is 9.74. The van der Waals surface area contributed by atoms with Gasteiger partial charge in [0.1, 0.15) is 12.4 Å². The van der Waals surface area contributed by atoms with Crippen molar-refractivity contribution in [3.8, 4) is 18.1 Å². The summed E-state index contributed by atoms with van der Waals surface area (Å²) in [7, 11) is 0. The van der Waals surface area contributed by atoms with Crippen molar-refractivity contribution < 1.29 is 9.84 Å². The van der Waals surface area contributed by atoms with Crippen LogP contribution in [0.1, 0.15) is 12.5 Å². The van der Waals surface area contributed by atoms with E-state index in [4.69, 9.17) is 27.9 Å². The molecular formula is C13H16ClNO2. The van der Waals surface area contributed by atoms with Gasteiger partial charge in [0.25, 0.3) is 0 Å². The number of aliphatic hydroxyl groups excluding tert-OH is 1. The fourth-order valence-electron chi connectivity index (χ4n) is 1.36. The van der Waals surface area contributed by atoms with E-state index in [-0.39, 0.29) is 12.7 Å². The van der Waals surface area contributed by atoms with Gasteiger partial charge in [-0.15, -0.1) is 6.42 Å². The molecule has 4 heteroatoms. The van der Waals surface area contributed by atoms with Crippen LogP contribution in [0.25, 0.3) is 0 Å². The number of hydrogen-bond donors (Lipinski definition) is 2. The Labute approximate surface area is 107 Å². The van der Waals surface area contributed by atoms with E-state index in [1.165, 1.54) is 0 Å². The molecule has 0 bridgehead atoms. The number of ether oxygens (including phenoxy) is 1. The molecule has 3 nitrogen and oxygen atoms in total. The Morgan fingerprint density at radius 3 is 3.00 bits per heavy atom. The minimum Gasteiger partial charge on any atom is -0.481 e. The molecule has 0 aromatic heterocycles. The maximum Gasteiger partial charge on any atom is 0.148 e. The average Bonchev–Trinajstić information content (AvgIpc) is 2.27. The number of aliphatic hydroxyl groups is 1. The molecule has 0 fully saturated rings. The standard InChI is InChI=1S/C13H16ClNO2/c1-3-6-17-13-5-4-12(14)7-11(13)9-15-8-10(2)16/h1,4-5,7,10,15-16H,6,8-9H2,2H3. The Hall–Kier alpha value is -1.21. The van der Waals surface area contributed by atoms with Gasteiger partial charge in [-0.1, -0.05) is 17.5 Å². The molecule has 1 aromatic rings. The third kappa shape index (κ3) is 5.10. The van der Waals surface area contributed by atoms with E-state index in [1.54, 1.807) is 19.1 Å². The Morgan fingerprint density at radius 1 is 1.59 bits per heavy atom. The van der Waals surface area contributed by atoms with Crippen LogP contribution in [0.15, 0.2) is 18.2 Å². The van der Waals surface area contributed by atoms with Gasteiger partial charge in [-0.25, -0.2) is 0 Å². The van der Waals surface area contributed by atoms with Crippen LogP contribution in [0.4, 0.5) is 0 Å². The predicted molar refractivity (Wildman–Crippen MR) is 69.2 cm³/mol. The minimum absolute atomic E-state index is 0.227. The van der Waals surface area contributed by atoms with Crippen molar-refractivity contribution in [1.82, 2.24) is 5.32 Å². The van der Waals surface area contributed by atoms with Gasteiger partial charge in [-0.05, 0) is 25.1 Å². The van der Waals surface area contributed by atoms with Crippen LogP contribution >= 0.6 is 11.6 Å². The molecule has 0 saturated heterocycles. The van der Waals surface area contributed by atoms with Gasteiger partial charge in [0.15, 0.2) is 0 Å². The molecule has 0 aliphatic rings. The molecule has 0 amide bonds. The van der Waals surface area contributed by atoms with Crippen molar-refractivity contribution in [2.24, 2.45) is 0 Å². The Kier molecular flexibility index (Phi) is 5.85. The van der Waals surface area contributed by atoms with Gasteiger partial charge in [0.2, 0.25) is 0 Å². The third-order valence-electron chi connectivity index (χ3n) is 2.09. The molecule has 1 aromatic carbocycles. The molecule has 1 unspecified atom stereocenters. The van der Waals surface area contributed by atoms with Gasteiger partial charge in [-0.3, -0.25) is 0 Å². The van der Waals surface area contributed by atoms with E-state index in [1.807, 2.05) is 6.07 Å². The lowest BCUT2D eigenvalue weighted by Gasteiger charge is -2.12. The summed E-state index contributed by atoms with van der Waals surface area (Å²) < 4.78 is 5.40. The second-order valence-electron chi connectivity index (χ2n) is 3.72. The lowest BCUT2D eigenvalue weighted by atomic mass is 10.2. The number of nitrogens with one attached hydrogen (secondary N) is 1. The van der Waals surface area contributed by atoms with Crippen molar-refractivity contribution >= 4 is 11.6 Å². The van der Waals surface area contributed by atoms with E-state index in [2.05, 4.69) is 11.2 Å². The smallest absolute Gasteiger partial charge is 0.148 e. The highest BCUT2D eigenvalue weighted by atomic mass is 35.5. The van der Waals surface area contributed by atoms with Crippen molar-refractivity contribution in [1.29, 1.82) is 0 Å². The summed E-state index contributed by atoms with van der Waals surface area (Å²) in [6.45, 7) is 3.04. The van der Waals surface area contributed by atoms with Crippen LogP contribution in [0.3, 0.4) is 0 Å². The number of terminal acetylenes is 1.